The quantitative estimate of drug-likeness (QED) is 0.401. The summed E-state index contributed by atoms with van der Waals surface area (Å²) >= 11 is 0. The summed E-state index contributed by atoms with van der Waals surface area (Å²) in [4.78, 5) is 9.72. The van der Waals surface area contributed by atoms with Crippen molar-refractivity contribution in [2.24, 2.45) is 4.99 Å². The number of rotatable bonds is 6. The smallest absolute Gasteiger partial charge is 0.141 e. The molecule has 4 heteroatoms. The molecule has 30 heavy (non-hydrogen) atoms. The zero-order chi connectivity index (χ0) is 20.9. The number of aromatic nitrogens is 2. The topological polar surface area (TPSA) is 42.2 Å². The molecule has 3 aromatic rings. The van der Waals surface area contributed by atoms with Crippen LogP contribution in [0.25, 0.3) is 28.5 Å². The fraction of sp³-hybridized carbons (Fsp3) is 0.308. The van der Waals surface area contributed by atoms with Gasteiger partial charge in [-0.05, 0) is 56.7 Å². The normalized spacial score (nSPS) is 15.3. The van der Waals surface area contributed by atoms with Crippen LogP contribution in [-0.4, -0.2) is 21.4 Å². The van der Waals surface area contributed by atoms with Gasteiger partial charge in [0.25, 0.3) is 0 Å². The van der Waals surface area contributed by atoms with E-state index in [4.69, 9.17) is 9.98 Å². The van der Waals surface area contributed by atoms with Crippen LogP contribution in [0.4, 0.5) is 0 Å². The first-order valence-electron chi connectivity index (χ1n) is 10.8. The van der Waals surface area contributed by atoms with E-state index in [1.165, 1.54) is 31.2 Å². The van der Waals surface area contributed by atoms with Crippen molar-refractivity contribution in [3.8, 4) is 11.4 Å². The van der Waals surface area contributed by atoms with Gasteiger partial charge in [0.15, 0.2) is 0 Å². The Morgan fingerprint density at radius 3 is 2.70 bits per heavy atom. The van der Waals surface area contributed by atoms with E-state index in [1.807, 2.05) is 19.2 Å². The Kier molecular flexibility index (Phi) is 6.12. The van der Waals surface area contributed by atoms with Gasteiger partial charge in [-0.3, -0.25) is 4.99 Å². The molecule has 0 atom stereocenters. The number of benzene rings is 2. The molecule has 1 saturated carbocycles. The first-order chi connectivity index (χ1) is 14.6. The first kappa shape index (κ1) is 20.1. The molecule has 0 amide bonds. The highest BCUT2D eigenvalue weighted by molar-refractivity contribution is 5.83. The molecule has 0 radical (unpaired) electrons. The van der Waals surface area contributed by atoms with Crippen molar-refractivity contribution in [1.82, 2.24) is 14.9 Å². The van der Waals surface area contributed by atoms with Gasteiger partial charge in [-0.1, -0.05) is 61.4 Å². The van der Waals surface area contributed by atoms with Gasteiger partial charge in [-0.15, -0.1) is 0 Å². The molecule has 1 aliphatic rings. The van der Waals surface area contributed by atoms with E-state index in [1.54, 1.807) is 0 Å². The molecule has 1 heterocycles. The van der Waals surface area contributed by atoms with Crippen LogP contribution in [0.5, 0.6) is 0 Å². The Hall–Kier alpha value is -3.14. The van der Waals surface area contributed by atoms with Gasteiger partial charge in [-0.2, -0.15) is 0 Å². The van der Waals surface area contributed by atoms with Gasteiger partial charge in [0.2, 0.25) is 0 Å². The number of nitrogens with one attached hydrogen (secondary N) is 1. The van der Waals surface area contributed by atoms with E-state index in [9.17, 15) is 0 Å². The Morgan fingerprint density at radius 1 is 1.20 bits per heavy atom. The minimum atomic E-state index is 0.496. The summed E-state index contributed by atoms with van der Waals surface area (Å²) in [5.74, 6) is 1.97. The molecule has 4 nitrogen and oxygen atoms in total. The second-order valence-corrected chi connectivity index (χ2v) is 8.06. The Balaban J connectivity index is 1.58. The van der Waals surface area contributed by atoms with Crippen LogP contribution < -0.4 is 5.32 Å². The number of fused-ring (bicyclic) bond motifs is 1. The van der Waals surface area contributed by atoms with Crippen LogP contribution >= 0.6 is 0 Å². The lowest BCUT2D eigenvalue weighted by Gasteiger charge is -2.08. The lowest BCUT2D eigenvalue weighted by Crippen LogP contribution is -2.16. The number of allylic oxidation sites excluding steroid dienone is 1. The van der Waals surface area contributed by atoms with E-state index < -0.39 is 0 Å². The zero-order valence-corrected chi connectivity index (χ0v) is 17.9. The number of nitrogens with zero attached hydrogens (tertiary/aromatic N) is 3. The highest BCUT2D eigenvalue weighted by Gasteiger charge is 2.14. The van der Waals surface area contributed by atoms with E-state index in [0.29, 0.717) is 6.04 Å². The Bertz CT molecular complexity index is 1080. The predicted molar refractivity (Wildman–Crippen MR) is 128 cm³/mol. The van der Waals surface area contributed by atoms with Crippen molar-refractivity contribution in [3.63, 3.8) is 0 Å². The minimum Gasteiger partial charge on any atom is -0.351 e. The zero-order valence-electron chi connectivity index (χ0n) is 17.9. The molecule has 0 aliphatic heterocycles. The fourth-order valence-electron chi connectivity index (χ4n) is 4.06. The standard InChI is InChI=1S/C26H30N4/c1-4-21-12-15-25-24(18-21)29-26(22-13-10-19(2)11-14-22)30(25)17-7-16-27-20(3)28-23-8-5-6-9-23/h4,7,10-16,18,23H,1,5-6,8-9,17H2,2-3H3,(H,27,28)/b16-7-. The molecule has 4 rings (SSSR count). The van der Waals surface area contributed by atoms with Gasteiger partial charge in [0.05, 0.1) is 22.9 Å². The molecule has 1 N–H and O–H groups in total. The second-order valence-electron chi connectivity index (χ2n) is 8.06. The summed E-state index contributed by atoms with van der Waals surface area (Å²) in [6.07, 6.45) is 11.0. The van der Waals surface area contributed by atoms with Gasteiger partial charge >= 0.3 is 0 Å². The van der Waals surface area contributed by atoms with Crippen molar-refractivity contribution in [1.29, 1.82) is 0 Å². The Morgan fingerprint density at radius 2 is 1.97 bits per heavy atom. The molecule has 1 fully saturated rings. The maximum Gasteiger partial charge on any atom is 0.141 e. The molecule has 0 saturated heterocycles. The molecule has 2 aromatic carbocycles. The van der Waals surface area contributed by atoms with E-state index in [2.05, 4.69) is 71.9 Å². The number of amidine groups is 1. The fourth-order valence-corrected chi connectivity index (χ4v) is 4.06. The maximum absolute atomic E-state index is 4.94. The Labute approximate surface area is 179 Å². The van der Waals surface area contributed by atoms with Gasteiger partial charge in [-0.25, -0.2) is 4.98 Å². The SMILES string of the molecule is C=Cc1ccc2c(c1)nc(-c1ccc(C)cc1)n2C/C=C\NC(C)=NC1CCCC1. The predicted octanol–water partition coefficient (Wildman–Crippen LogP) is 6.12. The largest absolute Gasteiger partial charge is 0.351 e. The summed E-state index contributed by atoms with van der Waals surface area (Å²) < 4.78 is 2.26. The van der Waals surface area contributed by atoms with E-state index in [-0.39, 0.29) is 0 Å². The van der Waals surface area contributed by atoms with Crippen molar-refractivity contribution >= 4 is 22.9 Å². The van der Waals surface area contributed by atoms with Crippen LogP contribution in [0.1, 0.15) is 43.7 Å². The lowest BCUT2D eigenvalue weighted by molar-refractivity contribution is 0.702. The molecular formula is C26H30N4. The summed E-state index contributed by atoms with van der Waals surface area (Å²) in [5, 5.41) is 3.33. The van der Waals surface area contributed by atoms with E-state index in [0.717, 1.165) is 40.4 Å². The van der Waals surface area contributed by atoms with Gasteiger partial charge < -0.3 is 9.88 Å². The first-order valence-corrected chi connectivity index (χ1v) is 10.8. The summed E-state index contributed by atoms with van der Waals surface area (Å²) in [5.41, 5.74) is 5.56. The molecule has 154 valence electrons. The van der Waals surface area contributed by atoms with Crippen molar-refractivity contribution < 1.29 is 0 Å². The highest BCUT2D eigenvalue weighted by Crippen LogP contribution is 2.26. The molecule has 0 bridgehead atoms. The number of aryl methyl sites for hydroxylation is 1. The number of hydrogen-bond donors (Lipinski definition) is 1. The lowest BCUT2D eigenvalue weighted by atomic mass is 10.1. The third-order valence-corrected chi connectivity index (χ3v) is 5.72. The van der Waals surface area contributed by atoms with Crippen molar-refractivity contribution in [2.45, 2.75) is 52.1 Å². The second kappa shape index (κ2) is 9.12. The molecular weight excluding hydrogens is 368 g/mol. The third kappa shape index (κ3) is 4.54. The van der Waals surface area contributed by atoms with Gasteiger partial charge in [0.1, 0.15) is 5.82 Å². The number of aliphatic imine (C=N–C) groups is 1. The van der Waals surface area contributed by atoms with Crippen molar-refractivity contribution in [3.05, 3.63) is 72.4 Å². The summed E-state index contributed by atoms with van der Waals surface area (Å²) in [7, 11) is 0. The molecule has 1 aromatic heterocycles. The number of hydrogen-bond acceptors (Lipinski definition) is 2. The molecule has 1 aliphatic carbocycles. The monoisotopic (exact) mass is 398 g/mol. The molecule has 0 spiro atoms. The van der Waals surface area contributed by atoms with Crippen LogP contribution in [0.15, 0.2) is 66.3 Å². The van der Waals surface area contributed by atoms with Crippen LogP contribution in [-0.2, 0) is 6.54 Å². The molecule has 0 unspecified atom stereocenters. The average Bonchev–Trinajstić information content (AvgIpc) is 3.39. The highest BCUT2D eigenvalue weighted by atomic mass is 15.1. The van der Waals surface area contributed by atoms with Crippen LogP contribution in [0, 0.1) is 6.92 Å². The summed E-state index contributed by atoms with van der Waals surface area (Å²) in [6.45, 7) is 8.77. The third-order valence-electron chi connectivity index (χ3n) is 5.72. The van der Waals surface area contributed by atoms with Gasteiger partial charge in [0, 0.05) is 12.1 Å². The van der Waals surface area contributed by atoms with Crippen molar-refractivity contribution in [2.75, 3.05) is 0 Å². The maximum atomic E-state index is 4.94. The van der Waals surface area contributed by atoms with Crippen LogP contribution in [0.2, 0.25) is 0 Å². The number of imidazole rings is 1. The summed E-state index contributed by atoms with van der Waals surface area (Å²) in [6, 6.07) is 15.4. The van der Waals surface area contributed by atoms with E-state index >= 15 is 0 Å². The minimum absolute atomic E-state index is 0.496. The average molecular weight is 399 g/mol. The van der Waals surface area contributed by atoms with Crippen LogP contribution in [0.3, 0.4) is 0 Å².